The molecule has 8 nitrogen and oxygen atoms in total. The van der Waals surface area contributed by atoms with Crippen molar-refractivity contribution in [3.63, 3.8) is 0 Å². The first-order valence-electron chi connectivity index (χ1n) is 13.3. The number of aryl methyl sites for hydroxylation is 2. The number of carbonyl (C=O) groups excluding carboxylic acids is 2. The molecule has 0 saturated carbocycles. The molecule has 3 aromatic carbocycles. The highest BCUT2D eigenvalue weighted by atomic mass is 16.6. The standard InChI is InChI=1S/C32H28N2O6/c1-19-28(15-14-24-23-11-7-12-25(23)30(35)40-29(19)24)39-31(36)27(16-21-17-33-26-13-6-5-10-22(21)26)34-32(37)38-18-20-8-3-2-4-9-20/h2-6,8-10,13-15,17,27,33H,7,11-12,16,18H2,1H3,(H,34,37)/t27-/m0/s1. The summed E-state index contributed by atoms with van der Waals surface area (Å²) in [6, 6.07) is 19.5. The van der Waals surface area contributed by atoms with Gasteiger partial charge in [0.1, 0.15) is 24.0 Å². The number of esters is 1. The second kappa shape index (κ2) is 10.7. The molecular formula is C32H28N2O6. The zero-order valence-electron chi connectivity index (χ0n) is 22.0. The first-order chi connectivity index (χ1) is 19.5. The first-order valence-corrected chi connectivity index (χ1v) is 13.3. The third-order valence-electron chi connectivity index (χ3n) is 7.44. The van der Waals surface area contributed by atoms with Gasteiger partial charge in [-0.05, 0) is 61.1 Å². The average Bonchev–Trinajstić information content (AvgIpc) is 3.62. The van der Waals surface area contributed by atoms with E-state index < -0.39 is 18.1 Å². The maximum atomic E-state index is 13.5. The van der Waals surface area contributed by atoms with Gasteiger partial charge >= 0.3 is 17.7 Å². The molecule has 1 aliphatic carbocycles. The Bertz CT molecular complexity index is 1790. The van der Waals surface area contributed by atoms with Crippen molar-refractivity contribution in [2.75, 3.05) is 0 Å². The van der Waals surface area contributed by atoms with Crippen LogP contribution >= 0.6 is 0 Å². The number of hydrogen-bond donors (Lipinski definition) is 2. The molecule has 2 aromatic heterocycles. The molecule has 8 heteroatoms. The van der Waals surface area contributed by atoms with Crippen molar-refractivity contribution >= 4 is 33.9 Å². The Morgan fingerprint density at radius 3 is 2.60 bits per heavy atom. The van der Waals surface area contributed by atoms with Gasteiger partial charge in [-0.3, -0.25) is 0 Å². The molecule has 2 heterocycles. The summed E-state index contributed by atoms with van der Waals surface area (Å²) in [6.07, 6.45) is 3.71. The van der Waals surface area contributed by atoms with Crippen LogP contribution in [0.5, 0.6) is 5.75 Å². The zero-order chi connectivity index (χ0) is 27.6. The molecule has 1 amide bonds. The molecule has 0 spiro atoms. The van der Waals surface area contributed by atoms with Crippen molar-refractivity contribution in [2.24, 2.45) is 0 Å². The number of amides is 1. The second-order valence-electron chi connectivity index (χ2n) is 10.0. The van der Waals surface area contributed by atoms with Crippen LogP contribution in [-0.2, 0) is 35.4 Å². The Morgan fingerprint density at radius 2 is 1.75 bits per heavy atom. The van der Waals surface area contributed by atoms with E-state index in [4.69, 9.17) is 13.9 Å². The predicted molar refractivity (Wildman–Crippen MR) is 150 cm³/mol. The summed E-state index contributed by atoms with van der Waals surface area (Å²) in [6.45, 7) is 1.82. The maximum absolute atomic E-state index is 13.5. The highest BCUT2D eigenvalue weighted by Gasteiger charge is 2.27. The summed E-state index contributed by atoms with van der Waals surface area (Å²) < 4.78 is 16.9. The van der Waals surface area contributed by atoms with Gasteiger partial charge in [0.2, 0.25) is 0 Å². The minimum Gasteiger partial charge on any atom is -0.445 e. The summed E-state index contributed by atoms with van der Waals surface area (Å²) in [5, 5.41) is 4.49. The lowest BCUT2D eigenvalue weighted by Gasteiger charge is -2.18. The highest BCUT2D eigenvalue weighted by molar-refractivity contribution is 5.89. The van der Waals surface area contributed by atoms with Gasteiger partial charge in [0.25, 0.3) is 0 Å². The van der Waals surface area contributed by atoms with E-state index in [9.17, 15) is 14.4 Å². The maximum Gasteiger partial charge on any atom is 0.408 e. The van der Waals surface area contributed by atoms with E-state index >= 15 is 0 Å². The lowest BCUT2D eigenvalue weighted by molar-refractivity contribution is -0.136. The van der Waals surface area contributed by atoms with Crippen molar-refractivity contribution in [3.05, 3.63) is 111 Å². The lowest BCUT2D eigenvalue weighted by Crippen LogP contribution is -2.44. The molecule has 202 valence electrons. The molecule has 0 unspecified atom stereocenters. The number of nitrogens with one attached hydrogen (secondary N) is 2. The van der Waals surface area contributed by atoms with E-state index in [1.807, 2.05) is 66.9 Å². The normalized spacial score (nSPS) is 13.2. The molecule has 0 radical (unpaired) electrons. The zero-order valence-corrected chi connectivity index (χ0v) is 22.0. The summed E-state index contributed by atoms with van der Waals surface area (Å²) in [5.74, 6) is -0.394. The average molecular weight is 537 g/mol. The van der Waals surface area contributed by atoms with Gasteiger partial charge in [-0.15, -0.1) is 0 Å². The summed E-state index contributed by atoms with van der Waals surface area (Å²) >= 11 is 0. The van der Waals surface area contributed by atoms with Crippen LogP contribution in [0.15, 0.2) is 82.1 Å². The van der Waals surface area contributed by atoms with Crippen LogP contribution in [0.2, 0.25) is 0 Å². The highest BCUT2D eigenvalue weighted by Crippen LogP contribution is 2.33. The predicted octanol–water partition coefficient (Wildman–Crippen LogP) is 5.51. The molecule has 0 fully saturated rings. The van der Waals surface area contributed by atoms with Crippen LogP contribution in [0.4, 0.5) is 4.79 Å². The van der Waals surface area contributed by atoms with Crippen molar-refractivity contribution in [2.45, 2.75) is 45.3 Å². The second-order valence-corrected chi connectivity index (χ2v) is 10.0. The van der Waals surface area contributed by atoms with Gasteiger partial charge in [0.05, 0.1) is 0 Å². The van der Waals surface area contributed by atoms with Gasteiger partial charge < -0.3 is 24.2 Å². The quantitative estimate of drug-likeness (QED) is 0.161. The lowest BCUT2D eigenvalue weighted by atomic mass is 10.0. The first kappa shape index (κ1) is 25.4. The van der Waals surface area contributed by atoms with E-state index in [0.717, 1.165) is 51.4 Å². The smallest absolute Gasteiger partial charge is 0.408 e. The monoisotopic (exact) mass is 536 g/mol. The fraction of sp³-hybridized carbons (Fsp3) is 0.219. The summed E-state index contributed by atoms with van der Waals surface area (Å²) in [5.41, 5.74) is 4.96. The third kappa shape index (κ3) is 4.96. The van der Waals surface area contributed by atoms with E-state index in [2.05, 4.69) is 10.3 Å². The van der Waals surface area contributed by atoms with Crippen LogP contribution in [0.1, 0.15) is 34.2 Å². The Labute approximate surface area is 229 Å². The molecule has 1 aliphatic rings. The van der Waals surface area contributed by atoms with E-state index in [1.165, 1.54) is 0 Å². The third-order valence-corrected chi connectivity index (χ3v) is 7.44. The molecular weight excluding hydrogens is 508 g/mol. The van der Waals surface area contributed by atoms with Crippen LogP contribution < -0.4 is 15.7 Å². The molecule has 5 aromatic rings. The van der Waals surface area contributed by atoms with Gasteiger partial charge in [0, 0.05) is 40.0 Å². The molecule has 2 N–H and O–H groups in total. The van der Waals surface area contributed by atoms with Gasteiger partial charge in [0.15, 0.2) is 0 Å². The number of aromatic amines is 1. The minimum atomic E-state index is -1.04. The van der Waals surface area contributed by atoms with Crippen molar-refractivity contribution in [3.8, 4) is 5.75 Å². The van der Waals surface area contributed by atoms with Crippen LogP contribution in [0.3, 0.4) is 0 Å². The van der Waals surface area contributed by atoms with Crippen molar-refractivity contribution in [1.29, 1.82) is 0 Å². The fourth-order valence-electron chi connectivity index (χ4n) is 5.37. The van der Waals surface area contributed by atoms with Crippen LogP contribution in [-0.4, -0.2) is 23.1 Å². The van der Waals surface area contributed by atoms with Crippen molar-refractivity contribution in [1.82, 2.24) is 10.3 Å². The molecule has 0 bridgehead atoms. The number of benzene rings is 3. The fourth-order valence-corrected chi connectivity index (χ4v) is 5.37. The van der Waals surface area contributed by atoms with Crippen LogP contribution in [0.25, 0.3) is 21.9 Å². The molecule has 0 saturated heterocycles. The molecule has 0 aliphatic heterocycles. The van der Waals surface area contributed by atoms with E-state index in [1.54, 1.807) is 13.0 Å². The van der Waals surface area contributed by atoms with Crippen molar-refractivity contribution < 1.29 is 23.5 Å². The summed E-state index contributed by atoms with van der Waals surface area (Å²) in [4.78, 5) is 42.0. The Kier molecular flexibility index (Phi) is 6.82. The number of aromatic nitrogens is 1. The van der Waals surface area contributed by atoms with Gasteiger partial charge in [-0.2, -0.15) is 0 Å². The van der Waals surface area contributed by atoms with Gasteiger partial charge in [-0.25, -0.2) is 14.4 Å². The Morgan fingerprint density at radius 1 is 0.975 bits per heavy atom. The largest absolute Gasteiger partial charge is 0.445 e. The van der Waals surface area contributed by atoms with Gasteiger partial charge in [-0.1, -0.05) is 48.5 Å². The molecule has 6 rings (SSSR count). The minimum absolute atomic E-state index is 0.0642. The number of para-hydroxylation sites is 1. The Balaban J connectivity index is 1.26. The number of hydrogen-bond acceptors (Lipinski definition) is 6. The molecule has 40 heavy (non-hydrogen) atoms. The van der Waals surface area contributed by atoms with Crippen LogP contribution in [0, 0.1) is 6.92 Å². The number of H-pyrrole nitrogens is 1. The SMILES string of the molecule is Cc1c(OC(=O)[C@H](Cc2c[nH]c3ccccc23)NC(=O)OCc2ccccc2)ccc2c3c(c(=O)oc12)CCC3. The number of carbonyl (C=O) groups is 2. The number of ether oxygens (including phenoxy) is 2. The number of fused-ring (bicyclic) bond motifs is 4. The number of alkyl carbamates (subject to hydrolysis) is 1. The summed E-state index contributed by atoms with van der Waals surface area (Å²) in [7, 11) is 0. The van der Waals surface area contributed by atoms with E-state index in [0.29, 0.717) is 17.6 Å². The topological polar surface area (TPSA) is 111 Å². The number of rotatable bonds is 7. The Hall–Kier alpha value is -4.85. The van der Waals surface area contributed by atoms with E-state index in [-0.39, 0.29) is 24.4 Å². The molecule has 1 atom stereocenters.